The normalized spacial score (nSPS) is 27.1. The summed E-state index contributed by atoms with van der Waals surface area (Å²) in [5.74, 6) is 2.83. The lowest BCUT2D eigenvalue weighted by Crippen LogP contribution is -2.27. The van der Waals surface area contributed by atoms with E-state index in [4.69, 9.17) is 0 Å². The lowest BCUT2D eigenvalue weighted by molar-refractivity contribution is 0.212. The van der Waals surface area contributed by atoms with Gasteiger partial charge in [-0.05, 0) is 43.4 Å². The Balaban J connectivity index is 2.05. The maximum absolute atomic E-state index is 3.94. The van der Waals surface area contributed by atoms with Crippen molar-refractivity contribution < 1.29 is 0 Å². The Kier molecular flexibility index (Phi) is 10.3. The monoisotopic (exact) mass is 344 g/mol. The van der Waals surface area contributed by atoms with Crippen molar-refractivity contribution >= 4 is 15.9 Å². The van der Waals surface area contributed by atoms with E-state index < -0.39 is 0 Å². The highest BCUT2D eigenvalue weighted by molar-refractivity contribution is 9.09. The van der Waals surface area contributed by atoms with Crippen LogP contribution in [0.4, 0.5) is 0 Å². The second-order valence-corrected chi connectivity index (χ2v) is 8.53. The van der Waals surface area contributed by atoms with Crippen LogP contribution in [0, 0.1) is 17.8 Å². The summed E-state index contributed by atoms with van der Waals surface area (Å²) in [6.07, 6.45) is 17.4. The van der Waals surface area contributed by atoms with E-state index in [1.54, 1.807) is 0 Å². The Hall–Kier alpha value is 0.480. The van der Waals surface area contributed by atoms with Gasteiger partial charge in [0.15, 0.2) is 0 Å². The van der Waals surface area contributed by atoms with Gasteiger partial charge in [-0.1, -0.05) is 88.1 Å². The van der Waals surface area contributed by atoms with Crippen molar-refractivity contribution in [2.24, 2.45) is 17.8 Å². The summed E-state index contributed by atoms with van der Waals surface area (Å²) < 4.78 is 0. The molecule has 20 heavy (non-hydrogen) atoms. The molecule has 0 N–H and O–H groups in total. The van der Waals surface area contributed by atoms with Gasteiger partial charge in [-0.3, -0.25) is 0 Å². The van der Waals surface area contributed by atoms with Crippen LogP contribution >= 0.6 is 15.9 Å². The Labute approximate surface area is 136 Å². The quantitative estimate of drug-likeness (QED) is 0.287. The first-order valence-corrected chi connectivity index (χ1v) is 10.2. The van der Waals surface area contributed by atoms with Crippen LogP contribution in [0.1, 0.15) is 97.8 Å². The molecular formula is C19H37Br. The molecule has 0 aliphatic heterocycles. The second-order valence-electron chi connectivity index (χ2n) is 7.36. The predicted octanol–water partition coefficient (Wildman–Crippen LogP) is 7.35. The van der Waals surface area contributed by atoms with Crippen LogP contribution in [0.5, 0.6) is 0 Å². The van der Waals surface area contributed by atoms with E-state index in [2.05, 4.69) is 36.7 Å². The van der Waals surface area contributed by atoms with Crippen molar-refractivity contribution in [3.63, 3.8) is 0 Å². The summed E-state index contributed by atoms with van der Waals surface area (Å²) in [6.45, 7) is 7.12. The molecule has 1 aliphatic rings. The molecule has 0 aromatic rings. The Morgan fingerprint density at radius 3 is 2.10 bits per heavy atom. The molecule has 3 atom stereocenters. The molecule has 0 heterocycles. The van der Waals surface area contributed by atoms with Crippen LogP contribution in [0.15, 0.2) is 0 Å². The smallest absolute Gasteiger partial charge is 0.0174 e. The molecule has 0 saturated heterocycles. The first-order valence-electron chi connectivity index (χ1n) is 9.29. The number of halogens is 1. The van der Waals surface area contributed by atoms with Crippen molar-refractivity contribution in [2.45, 2.75) is 103 Å². The number of hydrogen-bond donors (Lipinski definition) is 0. The number of alkyl halides is 1. The minimum atomic E-state index is 0.807. The molecule has 0 aromatic carbocycles. The minimum absolute atomic E-state index is 0.807. The summed E-state index contributed by atoms with van der Waals surface area (Å²) in [5.41, 5.74) is 0. The molecule has 0 amide bonds. The zero-order valence-electron chi connectivity index (χ0n) is 14.2. The van der Waals surface area contributed by atoms with Gasteiger partial charge in [0.2, 0.25) is 0 Å². The maximum Gasteiger partial charge on any atom is 0.0174 e. The van der Waals surface area contributed by atoms with Crippen molar-refractivity contribution in [3.8, 4) is 0 Å². The molecule has 1 fully saturated rings. The Bertz CT molecular complexity index is 224. The second kappa shape index (κ2) is 11.1. The topological polar surface area (TPSA) is 0 Å². The van der Waals surface area contributed by atoms with Crippen LogP contribution in [0.3, 0.4) is 0 Å². The largest absolute Gasteiger partial charge is 0.0888 e. The third kappa shape index (κ3) is 7.48. The average molecular weight is 345 g/mol. The van der Waals surface area contributed by atoms with E-state index in [9.17, 15) is 0 Å². The van der Waals surface area contributed by atoms with Gasteiger partial charge < -0.3 is 0 Å². The van der Waals surface area contributed by atoms with E-state index >= 15 is 0 Å². The Morgan fingerprint density at radius 1 is 0.900 bits per heavy atom. The van der Waals surface area contributed by atoms with E-state index in [1.165, 1.54) is 77.0 Å². The zero-order valence-corrected chi connectivity index (χ0v) is 15.8. The summed E-state index contributed by atoms with van der Waals surface area (Å²) in [6, 6.07) is 0. The average Bonchev–Trinajstić information content (AvgIpc) is 2.43. The third-order valence-electron chi connectivity index (χ3n) is 5.30. The molecular weight excluding hydrogens is 308 g/mol. The highest BCUT2D eigenvalue weighted by Crippen LogP contribution is 2.39. The maximum atomic E-state index is 3.94. The van der Waals surface area contributed by atoms with Crippen molar-refractivity contribution in [1.29, 1.82) is 0 Å². The molecule has 3 unspecified atom stereocenters. The minimum Gasteiger partial charge on any atom is -0.0888 e. The molecule has 1 aliphatic carbocycles. The molecule has 120 valence electrons. The zero-order chi connectivity index (χ0) is 14.8. The molecule has 1 heteroatoms. The van der Waals surface area contributed by atoms with Gasteiger partial charge >= 0.3 is 0 Å². The van der Waals surface area contributed by atoms with Gasteiger partial charge in [-0.15, -0.1) is 0 Å². The summed E-state index contributed by atoms with van der Waals surface area (Å²) in [7, 11) is 0. The fourth-order valence-electron chi connectivity index (χ4n) is 3.71. The van der Waals surface area contributed by atoms with Crippen LogP contribution in [-0.2, 0) is 0 Å². The van der Waals surface area contributed by atoms with Crippen LogP contribution in [0.25, 0.3) is 0 Å². The highest BCUT2D eigenvalue weighted by Gasteiger charge is 2.29. The van der Waals surface area contributed by atoms with Crippen LogP contribution < -0.4 is 0 Å². The lowest BCUT2D eigenvalue weighted by atomic mass is 9.74. The van der Waals surface area contributed by atoms with Gasteiger partial charge in [0.25, 0.3) is 0 Å². The van der Waals surface area contributed by atoms with Crippen molar-refractivity contribution in [2.75, 3.05) is 0 Å². The molecule has 1 saturated carbocycles. The van der Waals surface area contributed by atoms with E-state index in [1.807, 2.05) is 0 Å². The molecule has 0 nitrogen and oxygen atoms in total. The molecule has 0 bridgehead atoms. The first kappa shape index (κ1) is 18.5. The SMILES string of the molecule is CCCCCCCCCCC1CC(C(C)C)CCC1Br. The molecule has 0 spiro atoms. The fourth-order valence-corrected chi connectivity index (χ4v) is 4.45. The van der Waals surface area contributed by atoms with Gasteiger partial charge in [0, 0.05) is 4.83 Å². The predicted molar refractivity (Wildman–Crippen MR) is 95.6 cm³/mol. The standard InChI is InChI=1S/C19H37Br/c1-4-5-6-7-8-9-10-11-12-18-15-17(16(2)3)13-14-19(18)20/h16-19H,4-15H2,1-3H3. The fraction of sp³-hybridized carbons (Fsp3) is 1.00. The Morgan fingerprint density at radius 2 is 1.50 bits per heavy atom. The van der Waals surface area contributed by atoms with Gasteiger partial charge in [0.05, 0.1) is 0 Å². The third-order valence-corrected chi connectivity index (χ3v) is 6.51. The van der Waals surface area contributed by atoms with Crippen molar-refractivity contribution in [3.05, 3.63) is 0 Å². The number of unbranched alkanes of at least 4 members (excludes halogenated alkanes) is 7. The molecule has 1 rings (SSSR count). The lowest BCUT2D eigenvalue weighted by Gasteiger charge is -2.35. The van der Waals surface area contributed by atoms with E-state index in [0.29, 0.717) is 0 Å². The highest BCUT2D eigenvalue weighted by atomic mass is 79.9. The molecule has 0 aromatic heterocycles. The summed E-state index contributed by atoms with van der Waals surface area (Å²) in [4.78, 5) is 0.807. The molecule has 0 radical (unpaired) electrons. The van der Waals surface area contributed by atoms with Crippen LogP contribution in [-0.4, -0.2) is 4.83 Å². The van der Waals surface area contributed by atoms with E-state index in [0.717, 1.165) is 22.6 Å². The number of rotatable bonds is 10. The van der Waals surface area contributed by atoms with Gasteiger partial charge in [-0.25, -0.2) is 0 Å². The summed E-state index contributed by atoms with van der Waals surface area (Å²) in [5, 5.41) is 0. The van der Waals surface area contributed by atoms with E-state index in [-0.39, 0.29) is 0 Å². The number of hydrogen-bond acceptors (Lipinski definition) is 0. The van der Waals surface area contributed by atoms with Gasteiger partial charge in [-0.2, -0.15) is 0 Å². The van der Waals surface area contributed by atoms with Gasteiger partial charge in [0.1, 0.15) is 0 Å². The van der Waals surface area contributed by atoms with Crippen LogP contribution in [0.2, 0.25) is 0 Å². The van der Waals surface area contributed by atoms with Crippen molar-refractivity contribution in [1.82, 2.24) is 0 Å². The summed E-state index contributed by atoms with van der Waals surface area (Å²) >= 11 is 3.94. The first-order chi connectivity index (χ1) is 9.65.